The molecule has 6 atom stereocenters. The van der Waals surface area contributed by atoms with E-state index >= 15 is 0 Å². The van der Waals surface area contributed by atoms with Gasteiger partial charge in [0.1, 0.15) is 0 Å². The molecule has 0 amide bonds. The summed E-state index contributed by atoms with van der Waals surface area (Å²) in [5.41, 5.74) is 5.21. The number of rotatable bonds is 5. The Morgan fingerprint density at radius 3 is 2.48 bits per heavy atom. The third-order valence-corrected chi connectivity index (χ3v) is 10.1. The van der Waals surface area contributed by atoms with Gasteiger partial charge in [-0.1, -0.05) is 77.9 Å². The van der Waals surface area contributed by atoms with Crippen molar-refractivity contribution < 1.29 is 0 Å². The first-order chi connectivity index (χ1) is 12.9. The van der Waals surface area contributed by atoms with E-state index in [1.165, 1.54) is 83.5 Å². The molecule has 4 aliphatic rings. The minimum atomic E-state index is 0.591. The lowest BCUT2D eigenvalue weighted by Gasteiger charge is -2.54. The normalized spacial score (nSPS) is 42.7. The fourth-order valence-corrected chi connectivity index (χ4v) is 8.52. The number of hydrogen-bond donors (Lipinski definition) is 0. The smallest absolute Gasteiger partial charge is 0.00852 e. The maximum Gasteiger partial charge on any atom is -0.00852 e. The van der Waals surface area contributed by atoms with Crippen LogP contribution in [0.2, 0.25) is 0 Å². The van der Waals surface area contributed by atoms with E-state index in [1.54, 1.807) is 0 Å². The molecule has 1 unspecified atom stereocenters. The Labute approximate surface area is 170 Å². The van der Waals surface area contributed by atoms with E-state index < -0.39 is 0 Å². The van der Waals surface area contributed by atoms with Crippen LogP contribution in [0.15, 0.2) is 11.1 Å². The molecule has 154 valence electrons. The van der Waals surface area contributed by atoms with Crippen LogP contribution in [0.25, 0.3) is 0 Å². The Bertz CT molecular complexity index is 569. The molecular formula is C27H46. The van der Waals surface area contributed by atoms with Crippen LogP contribution in [0, 0.1) is 40.4 Å². The van der Waals surface area contributed by atoms with Crippen LogP contribution in [0.4, 0.5) is 0 Å². The summed E-state index contributed by atoms with van der Waals surface area (Å²) in [6.45, 7) is 12.8. The minimum Gasteiger partial charge on any atom is -0.0668 e. The molecule has 2 saturated carbocycles. The van der Waals surface area contributed by atoms with Crippen molar-refractivity contribution in [1.29, 1.82) is 0 Å². The van der Waals surface area contributed by atoms with Crippen molar-refractivity contribution >= 4 is 0 Å². The predicted molar refractivity (Wildman–Crippen MR) is 118 cm³/mol. The minimum absolute atomic E-state index is 0.591. The number of allylic oxidation sites excluding steroid dienone is 2. The highest BCUT2D eigenvalue weighted by Crippen LogP contribution is 2.65. The van der Waals surface area contributed by atoms with Gasteiger partial charge in [-0.05, 0) is 91.8 Å². The van der Waals surface area contributed by atoms with Crippen molar-refractivity contribution in [3.05, 3.63) is 11.1 Å². The maximum atomic E-state index is 2.72. The van der Waals surface area contributed by atoms with E-state index in [0.717, 1.165) is 29.6 Å². The van der Waals surface area contributed by atoms with Crippen LogP contribution in [0.1, 0.15) is 118 Å². The van der Waals surface area contributed by atoms with Gasteiger partial charge in [-0.25, -0.2) is 0 Å². The molecule has 0 radical (unpaired) electrons. The number of hydrogen-bond acceptors (Lipinski definition) is 0. The average Bonchev–Trinajstić information content (AvgIpc) is 2.98. The highest BCUT2D eigenvalue weighted by atomic mass is 14.6. The van der Waals surface area contributed by atoms with Gasteiger partial charge in [-0.3, -0.25) is 0 Å². The molecule has 4 aliphatic carbocycles. The molecule has 0 saturated heterocycles. The van der Waals surface area contributed by atoms with Crippen molar-refractivity contribution in [1.82, 2.24) is 0 Å². The zero-order valence-electron chi connectivity index (χ0n) is 19.1. The van der Waals surface area contributed by atoms with Gasteiger partial charge in [0.05, 0.1) is 0 Å². The first-order valence-electron chi connectivity index (χ1n) is 12.6. The number of fused-ring (bicyclic) bond motifs is 4. The first-order valence-corrected chi connectivity index (χ1v) is 12.6. The van der Waals surface area contributed by atoms with Crippen LogP contribution in [-0.2, 0) is 0 Å². The highest BCUT2D eigenvalue weighted by Gasteiger charge is 2.55. The Hall–Kier alpha value is -0.260. The summed E-state index contributed by atoms with van der Waals surface area (Å²) in [5.74, 6) is 4.75. The summed E-state index contributed by atoms with van der Waals surface area (Å²) in [4.78, 5) is 0. The largest absolute Gasteiger partial charge is 0.0668 e. The van der Waals surface area contributed by atoms with Crippen molar-refractivity contribution in [2.45, 2.75) is 118 Å². The molecule has 4 rings (SSSR count). The summed E-state index contributed by atoms with van der Waals surface area (Å²) in [7, 11) is 0. The fraction of sp³-hybridized carbons (Fsp3) is 0.926. The SMILES string of the molecule is CC(C)CCC[C@@H](C)[C@H]1CC[C@@H]2C3=C(CC[C@@]21C)[C@@]1(C)CCCCC1CC3. The van der Waals surface area contributed by atoms with Crippen molar-refractivity contribution in [2.24, 2.45) is 40.4 Å². The molecule has 2 fully saturated rings. The fourth-order valence-electron chi connectivity index (χ4n) is 8.52. The quantitative estimate of drug-likeness (QED) is 0.425. The van der Waals surface area contributed by atoms with Gasteiger partial charge in [0.25, 0.3) is 0 Å². The van der Waals surface area contributed by atoms with Crippen molar-refractivity contribution in [2.75, 3.05) is 0 Å². The Morgan fingerprint density at radius 2 is 1.70 bits per heavy atom. The molecule has 0 heterocycles. The predicted octanol–water partition coefficient (Wildman–Crippen LogP) is 8.56. The topological polar surface area (TPSA) is 0 Å². The lowest BCUT2D eigenvalue weighted by Crippen LogP contribution is -2.43. The second-order valence-electron chi connectivity index (χ2n) is 11.9. The van der Waals surface area contributed by atoms with Crippen molar-refractivity contribution in [3.63, 3.8) is 0 Å². The third kappa shape index (κ3) is 3.36. The average molecular weight is 371 g/mol. The summed E-state index contributed by atoms with van der Waals surface area (Å²) in [6, 6.07) is 0. The Morgan fingerprint density at radius 1 is 0.889 bits per heavy atom. The Balaban J connectivity index is 1.53. The monoisotopic (exact) mass is 370 g/mol. The van der Waals surface area contributed by atoms with Gasteiger partial charge in [0.2, 0.25) is 0 Å². The molecule has 0 bridgehead atoms. The van der Waals surface area contributed by atoms with E-state index in [9.17, 15) is 0 Å². The summed E-state index contributed by atoms with van der Waals surface area (Å²) < 4.78 is 0. The van der Waals surface area contributed by atoms with E-state index in [4.69, 9.17) is 0 Å². The second-order valence-corrected chi connectivity index (χ2v) is 11.9. The first kappa shape index (κ1) is 20.0. The summed E-state index contributed by atoms with van der Waals surface area (Å²) >= 11 is 0. The summed E-state index contributed by atoms with van der Waals surface area (Å²) in [6.07, 6.45) is 19.3. The van der Waals surface area contributed by atoms with Gasteiger partial charge in [0.15, 0.2) is 0 Å². The molecule has 0 aromatic carbocycles. The second kappa shape index (κ2) is 7.53. The van der Waals surface area contributed by atoms with Crippen LogP contribution in [-0.4, -0.2) is 0 Å². The van der Waals surface area contributed by atoms with Gasteiger partial charge in [0, 0.05) is 0 Å². The molecule has 0 spiro atoms. The van der Waals surface area contributed by atoms with Crippen LogP contribution in [0.5, 0.6) is 0 Å². The van der Waals surface area contributed by atoms with Crippen LogP contribution < -0.4 is 0 Å². The van der Waals surface area contributed by atoms with E-state index in [1.807, 2.05) is 11.1 Å². The molecule has 0 N–H and O–H groups in total. The van der Waals surface area contributed by atoms with Gasteiger partial charge in [-0.15, -0.1) is 0 Å². The third-order valence-electron chi connectivity index (χ3n) is 10.1. The van der Waals surface area contributed by atoms with Gasteiger partial charge in [-0.2, -0.15) is 0 Å². The Kier molecular flexibility index (Phi) is 5.59. The molecule has 0 aromatic heterocycles. The molecule has 0 aliphatic heterocycles. The zero-order valence-corrected chi connectivity index (χ0v) is 19.1. The van der Waals surface area contributed by atoms with E-state index in [0.29, 0.717) is 10.8 Å². The lowest BCUT2D eigenvalue weighted by molar-refractivity contribution is 0.0659. The molecule has 0 aromatic rings. The van der Waals surface area contributed by atoms with Crippen LogP contribution >= 0.6 is 0 Å². The highest BCUT2D eigenvalue weighted by molar-refractivity contribution is 5.34. The zero-order chi connectivity index (χ0) is 19.2. The van der Waals surface area contributed by atoms with E-state index in [2.05, 4.69) is 34.6 Å². The molecule has 0 heteroatoms. The van der Waals surface area contributed by atoms with E-state index in [-0.39, 0.29) is 0 Å². The van der Waals surface area contributed by atoms with Gasteiger partial charge >= 0.3 is 0 Å². The van der Waals surface area contributed by atoms with Crippen molar-refractivity contribution in [3.8, 4) is 0 Å². The lowest BCUT2D eigenvalue weighted by atomic mass is 9.50. The summed E-state index contributed by atoms with van der Waals surface area (Å²) in [5, 5.41) is 0. The maximum absolute atomic E-state index is 2.72. The van der Waals surface area contributed by atoms with Crippen LogP contribution in [0.3, 0.4) is 0 Å². The standard InChI is InChI=1S/C27H46/c1-19(2)9-8-10-20(3)23-14-15-24-22-13-12-21-11-6-7-17-26(21,4)25(22)16-18-27(23,24)5/h19-21,23-24H,6-18H2,1-5H3/t20-,21?,23-,24-,26+,27-/m1/s1. The molecular weight excluding hydrogens is 324 g/mol. The molecule has 0 nitrogen and oxygen atoms in total. The molecule has 27 heavy (non-hydrogen) atoms. The van der Waals surface area contributed by atoms with Gasteiger partial charge < -0.3 is 0 Å².